The smallest absolute Gasteiger partial charge is 0.355 e. The predicted octanol–water partition coefficient (Wildman–Crippen LogP) is 7.64. The van der Waals surface area contributed by atoms with Crippen LogP contribution in [-0.2, 0) is 38.8 Å². The second kappa shape index (κ2) is 15.4. The fourth-order valence-electron chi connectivity index (χ4n) is 4.83. The first-order chi connectivity index (χ1) is 22.2. The van der Waals surface area contributed by atoms with Crippen molar-refractivity contribution in [2.45, 2.75) is 37.0 Å². The third-order valence-corrected chi connectivity index (χ3v) is 9.99. The lowest BCUT2D eigenvalue weighted by molar-refractivity contribution is -0.140. The molecule has 0 aliphatic carbocycles. The zero-order chi connectivity index (χ0) is 34.4. The van der Waals surface area contributed by atoms with Gasteiger partial charge in [-0.1, -0.05) is 89.4 Å². The normalized spacial score (nSPS) is 12.3. The molecule has 0 aliphatic rings. The van der Waals surface area contributed by atoms with Gasteiger partial charge in [-0.2, -0.15) is 13.2 Å². The Morgan fingerprint density at radius 1 is 0.830 bits per heavy atom. The van der Waals surface area contributed by atoms with Crippen LogP contribution in [0, 0.1) is 0 Å². The van der Waals surface area contributed by atoms with Crippen molar-refractivity contribution in [3.63, 3.8) is 0 Å². The number of anilines is 1. The fraction of sp³-hybridized carbons (Fsp3) is 0.212. The van der Waals surface area contributed by atoms with Crippen molar-refractivity contribution < 1.29 is 31.2 Å². The van der Waals surface area contributed by atoms with Gasteiger partial charge in [0.1, 0.15) is 12.6 Å². The number of alkyl halides is 3. The number of amides is 2. The maximum atomic E-state index is 14.4. The van der Waals surface area contributed by atoms with Crippen LogP contribution in [-0.4, -0.2) is 44.3 Å². The first kappa shape index (κ1) is 36.1. The van der Waals surface area contributed by atoms with Crippen molar-refractivity contribution in [3.05, 3.63) is 129 Å². The molecule has 4 aromatic carbocycles. The van der Waals surface area contributed by atoms with E-state index in [-0.39, 0.29) is 40.0 Å². The molecule has 0 bridgehead atoms. The van der Waals surface area contributed by atoms with Gasteiger partial charge in [0.2, 0.25) is 11.8 Å². The highest BCUT2D eigenvalue weighted by Crippen LogP contribution is 2.38. The monoisotopic (exact) mass is 725 g/mol. The zero-order valence-corrected chi connectivity index (χ0v) is 27.9. The Bertz CT molecular complexity index is 1810. The molecule has 0 fully saturated rings. The SMILES string of the molecule is CCNC(=O)[C@H](Cc1ccccc1)N(Cc1c(Cl)cccc1Cl)C(=O)CN(c1ccc(Cl)c(C(F)(F)F)c1)S(=O)(=O)c1ccccc1. The van der Waals surface area contributed by atoms with Gasteiger partial charge in [-0.25, -0.2) is 8.42 Å². The standard InChI is InChI=1S/C33H29Cl3F3N3O4S/c1-2-40-32(44)30(18-22-10-5-3-6-11-22)41(20-25-27(34)14-9-15-28(25)35)31(43)21-42(47(45,46)24-12-7-4-8-13-24)23-16-17-29(36)26(19-23)33(37,38)39/h3-17,19,30H,2,18,20-21H2,1H3,(H,40,44)/t30-/m0/s1. The lowest BCUT2D eigenvalue weighted by Crippen LogP contribution is -2.53. The molecule has 0 unspecified atom stereocenters. The fourth-order valence-corrected chi connectivity index (χ4v) is 7.00. The second-order valence-corrected chi connectivity index (χ2v) is 13.4. The van der Waals surface area contributed by atoms with Gasteiger partial charge < -0.3 is 10.2 Å². The number of sulfonamides is 1. The third-order valence-electron chi connectivity index (χ3n) is 7.17. The molecular formula is C33H29Cl3F3N3O4S. The van der Waals surface area contributed by atoms with Crippen LogP contribution in [0.25, 0.3) is 0 Å². The van der Waals surface area contributed by atoms with Gasteiger partial charge in [-0.15, -0.1) is 0 Å². The molecule has 4 aromatic rings. The third kappa shape index (κ3) is 8.78. The van der Waals surface area contributed by atoms with Gasteiger partial charge in [0, 0.05) is 35.1 Å². The van der Waals surface area contributed by atoms with Crippen LogP contribution < -0.4 is 9.62 Å². The molecule has 1 N–H and O–H groups in total. The zero-order valence-electron chi connectivity index (χ0n) is 24.8. The summed E-state index contributed by atoms with van der Waals surface area (Å²) in [7, 11) is -4.64. The summed E-state index contributed by atoms with van der Waals surface area (Å²) in [5, 5.41) is 2.44. The molecule has 0 aliphatic heterocycles. The minimum absolute atomic E-state index is 0.0189. The van der Waals surface area contributed by atoms with Crippen LogP contribution in [0.5, 0.6) is 0 Å². The molecule has 1 atom stereocenters. The van der Waals surface area contributed by atoms with E-state index in [4.69, 9.17) is 34.8 Å². The number of nitrogens with one attached hydrogen (secondary N) is 1. The summed E-state index contributed by atoms with van der Waals surface area (Å²) < 4.78 is 70.3. The van der Waals surface area contributed by atoms with Crippen molar-refractivity contribution in [2.24, 2.45) is 0 Å². The van der Waals surface area contributed by atoms with Gasteiger partial charge in [0.15, 0.2) is 0 Å². The van der Waals surface area contributed by atoms with Gasteiger partial charge in [-0.05, 0) is 55.0 Å². The number of hydrogen-bond donors (Lipinski definition) is 1. The van der Waals surface area contributed by atoms with Crippen molar-refractivity contribution in [2.75, 3.05) is 17.4 Å². The molecule has 0 aromatic heterocycles. The lowest BCUT2D eigenvalue weighted by atomic mass is 10.0. The van der Waals surface area contributed by atoms with Crippen LogP contribution in [0.15, 0.2) is 102 Å². The second-order valence-electron chi connectivity index (χ2n) is 10.3. The van der Waals surface area contributed by atoms with E-state index in [1.54, 1.807) is 61.5 Å². The van der Waals surface area contributed by atoms with Gasteiger partial charge >= 0.3 is 6.18 Å². The number of carbonyl (C=O) groups is 2. The highest BCUT2D eigenvalue weighted by Gasteiger charge is 2.38. The van der Waals surface area contributed by atoms with Crippen LogP contribution >= 0.6 is 34.8 Å². The van der Waals surface area contributed by atoms with Gasteiger partial charge in [0.25, 0.3) is 10.0 Å². The minimum atomic E-state index is -4.93. The van der Waals surface area contributed by atoms with E-state index in [1.165, 1.54) is 24.3 Å². The average Bonchev–Trinajstić information content (AvgIpc) is 3.03. The summed E-state index contributed by atoms with van der Waals surface area (Å²) >= 11 is 18.8. The molecule has 0 spiro atoms. The van der Waals surface area contributed by atoms with E-state index in [2.05, 4.69) is 5.32 Å². The number of nitrogens with zero attached hydrogens (tertiary/aromatic N) is 2. The summed E-state index contributed by atoms with van der Waals surface area (Å²) in [6, 6.07) is 21.8. The first-order valence-corrected chi connectivity index (χ1v) is 16.8. The summed E-state index contributed by atoms with van der Waals surface area (Å²) in [6.45, 7) is 0.614. The highest BCUT2D eigenvalue weighted by molar-refractivity contribution is 7.92. The molecule has 0 radical (unpaired) electrons. The van der Waals surface area contributed by atoms with Crippen LogP contribution in [0.3, 0.4) is 0 Å². The lowest BCUT2D eigenvalue weighted by Gasteiger charge is -2.34. The van der Waals surface area contributed by atoms with Crippen molar-refractivity contribution in [3.8, 4) is 0 Å². The molecule has 0 saturated heterocycles. The maximum absolute atomic E-state index is 14.4. The van der Waals surface area contributed by atoms with E-state index < -0.39 is 56.9 Å². The van der Waals surface area contributed by atoms with Gasteiger partial charge in [-0.3, -0.25) is 13.9 Å². The molecule has 7 nitrogen and oxygen atoms in total. The van der Waals surface area contributed by atoms with Crippen molar-refractivity contribution in [1.82, 2.24) is 10.2 Å². The van der Waals surface area contributed by atoms with Crippen LogP contribution in [0.2, 0.25) is 15.1 Å². The number of halogens is 6. The number of likely N-dealkylation sites (N-methyl/N-ethyl adjacent to an activating group) is 1. The molecule has 0 saturated carbocycles. The number of carbonyl (C=O) groups excluding carboxylic acids is 2. The Hall–Kier alpha value is -3.77. The van der Waals surface area contributed by atoms with E-state index in [1.807, 2.05) is 0 Å². The molecule has 4 rings (SSSR count). The summed E-state index contributed by atoms with van der Waals surface area (Å²) in [4.78, 5) is 28.9. The molecule has 2 amide bonds. The maximum Gasteiger partial charge on any atom is 0.417 e. The number of rotatable bonds is 12. The minimum Gasteiger partial charge on any atom is -0.355 e. The number of hydrogen-bond acceptors (Lipinski definition) is 4. The topological polar surface area (TPSA) is 86.8 Å². The Labute approximate surface area is 285 Å². The Morgan fingerprint density at radius 3 is 2.00 bits per heavy atom. The highest BCUT2D eigenvalue weighted by atomic mass is 35.5. The van der Waals surface area contributed by atoms with E-state index in [0.29, 0.717) is 15.9 Å². The predicted molar refractivity (Wildman–Crippen MR) is 177 cm³/mol. The van der Waals surface area contributed by atoms with E-state index in [9.17, 15) is 31.2 Å². The molecule has 47 heavy (non-hydrogen) atoms. The quantitative estimate of drug-likeness (QED) is 0.163. The molecule has 0 heterocycles. The summed E-state index contributed by atoms with van der Waals surface area (Å²) in [5.74, 6) is -1.45. The number of benzene rings is 4. The van der Waals surface area contributed by atoms with Crippen molar-refractivity contribution >= 4 is 62.3 Å². The van der Waals surface area contributed by atoms with Crippen LogP contribution in [0.1, 0.15) is 23.6 Å². The van der Waals surface area contributed by atoms with Crippen LogP contribution in [0.4, 0.5) is 18.9 Å². The largest absolute Gasteiger partial charge is 0.417 e. The van der Waals surface area contributed by atoms with Crippen molar-refractivity contribution in [1.29, 1.82) is 0 Å². The molecule has 248 valence electrons. The average molecular weight is 727 g/mol. The van der Waals surface area contributed by atoms with E-state index >= 15 is 0 Å². The Morgan fingerprint density at radius 2 is 1.43 bits per heavy atom. The van der Waals surface area contributed by atoms with Gasteiger partial charge in [0.05, 0.1) is 21.2 Å². The summed E-state index contributed by atoms with van der Waals surface area (Å²) in [5.41, 5.74) is -0.781. The Kier molecular flexibility index (Phi) is 11.8. The molecular weight excluding hydrogens is 698 g/mol. The molecule has 14 heteroatoms. The Balaban J connectivity index is 1.88. The summed E-state index contributed by atoms with van der Waals surface area (Å²) in [6.07, 6.45) is -4.91. The first-order valence-electron chi connectivity index (χ1n) is 14.2. The van der Waals surface area contributed by atoms with E-state index in [0.717, 1.165) is 17.0 Å².